The van der Waals surface area contributed by atoms with Crippen LogP contribution in [0.5, 0.6) is 0 Å². The third-order valence-corrected chi connectivity index (χ3v) is 4.85. The van der Waals surface area contributed by atoms with Gasteiger partial charge in [0.1, 0.15) is 5.56 Å². The highest BCUT2D eigenvalue weighted by Crippen LogP contribution is 2.26. The fourth-order valence-electron chi connectivity index (χ4n) is 2.76. The topological polar surface area (TPSA) is 79.6 Å². The predicted molar refractivity (Wildman–Crippen MR) is 90.3 cm³/mol. The van der Waals surface area contributed by atoms with Crippen LogP contribution in [-0.2, 0) is 0 Å². The molecule has 3 rings (SSSR count). The summed E-state index contributed by atoms with van der Waals surface area (Å²) >= 11 is 1.39. The van der Waals surface area contributed by atoms with Crippen LogP contribution in [0.1, 0.15) is 44.0 Å². The number of fused-ring (bicyclic) bond motifs is 1. The second-order valence-electron chi connectivity index (χ2n) is 6.38. The number of amides is 1. The van der Waals surface area contributed by atoms with Crippen molar-refractivity contribution in [3.05, 3.63) is 22.1 Å². The molecule has 8 heteroatoms. The maximum absolute atomic E-state index is 12.5. The third-order valence-electron chi connectivity index (χ3n) is 3.87. The normalized spacial score (nSPS) is 18.6. The lowest BCUT2D eigenvalue weighted by molar-refractivity contribution is 0.0941. The molecule has 0 unspecified atom stereocenters. The zero-order valence-corrected chi connectivity index (χ0v) is 14.4. The van der Waals surface area contributed by atoms with Gasteiger partial charge >= 0.3 is 0 Å². The average Bonchev–Trinajstić information content (AvgIpc) is 2.92. The Morgan fingerprint density at radius 1 is 1.48 bits per heavy atom. The molecule has 0 radical (unpaired) electrons. The van der Waals surface area contributed by atoms with E-state index in [-0.39, 0.29) is 11.6 Å². The van der Waals surface area contributed by atoms with E-state index in [0.717, 1.165) is 24.6 Å². The van der Waals surface area contributed by atoms with E-state index >= 15 is 0 Å². The van der Waals surface area contributed by atoms with E-state index in [2.05, 4.69) is 27.2 Å². The number of hydrogen-bond acceptors (Lipinski definition) is 6. The number of carbonyl (C=O) groups excluding carboxylic acids is 1. The molecular weight excluding hydrogens is 314 g/mol. The van der Waals surface area contributed by atoms with Gasteiger partial charge in [-0.2, -0.15) is 4.52 Å². The van der Waals surface area contributed by atoms with Gasteiger partial charge in [0.25, 0.3) is 11.5 Å². The third kappa shape index (κ3) is 3.21. The largest absolute Gasteiger partial charge is 0.350 e. The minimum Gasteiger partial charge on any atom is -0.350 e. The van der Waals surface area contributed by atoms with Crippen LogP contribution in [0.25, 0.3) is 4.96 Å². The molecule has 0 saturated carbocycles. The molecule has 0 aromatic carbocycles. The number of piperidine rings is 1. The Morgan fingerprint density at radius 2 is 2.26 bits per heavy atom. The zero-order valence-electron chi connectivity index (χ0n) is 13.6. The van der Waals surface area contributed by atoms with Gasteiger partial charge in [0.15, 0.2) is 0 Å². The second-order valence-corrected chi connectivity index (χ2v) is 7.31. The minimum atomic E-state index is -0.416. The van der Waals surface area contributed by atoms with Gasteiger partial charge in [-0.25, -0.2) is 4.98 Å². The van der Waals surface area contributed by atoms with Gasteiger partial charge < -0.3 is 10.2 Å². The first-order valence-electron chi connectivity index (χ1n) is 7.90. The van der Waals surface area contributed by atoms with Crippen LogP contribution < -0.4 is 15.8 Å². The highest BCUT2D eigenvalue weighted by atomic mass is 32.1. The Labute approximate surface area is 138 Å². The van der Waals surface area contributed by atoms with Crippen molar-refractivity contribution in [2.24, 2.45) is 5.92 Å². The molecule has 0 bridgehead atoms. The molecule has 2 aromatic heterocycles. The number of rotatable bonds is 3. The molecule has 1 amide bonds. The van der Waals surface area contributed by atoms with E-state index in [1.54, 1.807) is 0 Å². The number of hydrogen-bond donors (Lipinski definition) is 1. The van der Waals surface area contributed by atoms with Crippen LogP contribution in [0.3, 0.4) is 0 Å². The first kappa shape index (κ1) is 15.9. The fourth-order valence-corrected chi connectivity index (χ4v) is 3.66. The van der Waals surface area contributed by atoms with Gasteiger partial charge in [-0.3, -0.25) is 9.59 Å². The van der Waals surface area contributed by atoms with E-state index in [9.17, 15) is 9.59 Å². The molecule has 23 heavy (non-hydrogen) atoms. The maximum atomic E-state index is 12.5. The molecule has 0 aliphatic carbocycles. The van der Waals surface area contributed by atoms with Gasteiger partial charge in [0.05, 0.1) is 0 Å². The standard InChI is InChI=1S/C15H21N5O2S/c1-9(2)17-12(21)11-7-16-14-20(13(11)22)18-15(23-14)19-6-4-5-10(3)8-19/h7,9-10H,4-6,8H2,1-3H3,(H,17,21)/t10-/m0/s1. The Balaban J connectivity index is 1.95. The van der Waals surface area contributed by atoms with E-state index in [1.807, 2.05) is 13.8 Å². The van der Waals surface area contributed by atoms with Gasteiger partial charge in [-0.05, 0) is 32.6 Å². The van der Waals surface area contributed by atoms with Gasteiger partial charge in [0.2, 0.25) is 10.1 Å². The minimum absolute atomic E-state index is 0.0278. The summed E-state index contributed by atoms with van der Waals surface area (Å²) in [6, 6.07) is -0.0385. The number of nitrogens with one attached hydrogen (secondary N) is 1. The molecule has 2 aromatic rings. The summed E-state index contributed by atoms with van der Waals surface area (Å²) in [4.78, 5) is 31.5. The molecule has 1 N–H and O–H groups in total. The summed E-state index contributed by atoms with van der Waals surface area (Å²) in [5.41, 5.74) is -0.388. The van der Waals surface area contributed by atoms with Gasteiger partial charge in [0, 0.05) is 25.3 Å². The molecule has 1 fully saturated rings. The smallest absolute Gasteiger partial charge is 0.288 e. The molecule has 1 atom stereocenters. The zero-order chi connectivity index (χ0) is 16.6. The van der Waals surface area contributed by atoms with E-state index < -0.39 is 11.5 Å². The maximum Gasteiger partial charge on any atom is 0.288 e. The quantitative estimate of drug-likeness (QED) is 0.920. The van der Waals surface area contributed by atoms with Gasteiger partial charge in [-0.1, -0.05) is 18.3 Å². The van der Waals surface area contributed by atoms with E-state index in [4.69, 9.17) is 0 Å². The van der Waals surface area contributed by atoms with Crippen molar-refractivity contribution >= 4 is 27.3 Å². The number of carbonyl (C=O) groups is 1. The Bertz CT molecular complexity index is 782. The van der Waals surface area contributed by atoms with E-state index in [1.165, 1.54) is 28.5 Å². The number of anilines is 1. The molecule has 7 nitrogen and oxygen atoms in total. The molecule has 0 spiro atoms. The summed E-state index contributed by atoms with van der Waals surface area (Å²) in [6.45, 7) is 7.80. The Kier molecular flexibility index (Phi) is 4.34. The SMILES string of the molecule is CC(C)NC(=O)c1cnc2sc(N3CCC[C@H](C)C3)nn2c1=O. The highest BCUT2D eigenvalue weighted by Gasteiger charge is 2.22. The van der Waals surface area contributed by atoms with Crippen LogP contribution in [0, 0.1) is 5.92 Å². The van der Waals surface area contributed by atoms with Crippen LogP contribution in [0.15, 0.2) is 11.0 Å². The summed E-state index contributed by atoms with van der Waals surface area (Å²) < 4.78 is 1.24. The van der Waals surface area contributed by atoms with Crippen LogP contribution in [0.2, 0.25) is 0 Å². The first-order chi connectivity index (χ1) is 11.0. The molecular formula is C15H21N5O2S. The van der Waals surface area contributed by atoms with Crippen molar-refractivity contribution in [2.75, 3.05) is 18.0 Å². The summed E-state index contributed by atoms with van der Waals surface area (Å²) in [5, 5.41) is 7.91. The molecule has 124 valence electrons. The summed E-state index contributed by atoms with van der Waals surface area (Å²) in [7, 11) is 0. The lowest BCUT2D eigenvalue weighted by atomic mass is 10.0. The predicted octanol–water partition coefficient (Wildman–Crippen LogP) is 1.53. The van der Waals surface area contributed by atoms with Crippen molar-refractivity contribution in [1.29, 1.82) is 0 Å². The second kappa shape index (κ2) is 6.27. The van der Waals surface area contributed by atoms with Crippen molar-refractivity contribution in [3.63, 3.8) is 0 Å². The van der Waals surface area contributed by atoms with Crippen LogP contribution in [0.4, 0.5) is 5.13 Å². The Morgan fingerprint density at radius 3 is 2.96 bits per heavy atom. The molecule has 1 saturated heterocycles. The molecule has 1 aliphatic rings. The highest BCUT2D eigenvalue weighted by molar-refractivity contribution is 7.20. The van der Waals surface area contributed by atoms with Crippen molar-refractivity contribution in [3.8, 4) is 0 Å². The molecule has 3 heterocycles. The monoisotopic (exact) mass is 335 g/mol. The van der Waals surface area contributed by atoms with Gasteiger partial charge in [-0.15, -0.1) is 5.10 Å². The summed E-state index contributed by atoms with van der Waals surface area (Å²) in [6.07, 6.45) is 3.69. The van der Waals surface area contributed by atoms with E-state index in [0.29, 0.717) is 10.9 Å². The summed E-state index contributed by atoms with van der Waals surface area (Å²) in [5.74, 6) is 0.209. The van der Waals surface area contributed by atoms with Crippen LogP contribution in [-0.4, -0.2) is 39.6 Å². The van der Waals surface area contributed by atoms with Crippen LogP contribution >= 0.6 is 11.3 Å². The van der Waals surface area contributed by atoms with Crippen molar-refractivity contribution < 1.29 is 4.79 Å². The molecule has 1 aliphatic heterocycles. The first-order valence-corrected chi connectivity index (χ1v) is 8.72. The fraction of sp³-hybridized carbons (Fsp3) is 0.600. The van der Waals surface area contributed by atoms with Crippen molar-refractivity contribution in [1.82, 2.24) is 19.9 Å². The Hall–Kier alpha value is -1.96. The number of nitrogens with zero attached hydrogens (tertiary/aromatic N) is 4. The lowest BCUT2D eigenvalue weighted by Gasteiger charge is -2.30. The van der Waals surface area contributed by atoms with Crippen molar-refractivity contribution in [2.45, 2.75) is 39.7 Å². The average molecular weight is 335 g/mol. The lowest BCUT2D eigenvalue weighted by Crippen LogP contribution is -2.36. The number of aromatic nitrogens is 3.